The van der Waals surface area contributed by atoms with Gasteiger partial charge in [-0.05, 0) is 29.7 Å². The number of rotatable bonds is 6. The summed E-state index contributed by atoms with van der Waals surface area (Å²) >= 11 is 0.976. The van der Waals surface area contributed by atoms with Crippen molar-refractivity contribution in [1.29, 1.82) is 0 Å². The minimum absolute atomic E-state index is 0.0226. The average Bonchev–Trinajstić information content (AvgIpc) is 2.94. The Morgan fingerprint density at radius 2 is 1.70 bits per heavy atom. The Morgan fingerprint density at radius 3 is 2.26 bits per heavy atom. The van der Waals surface area contributed by atoms with Gasteiger partial charge >= 0.3 is 0 Å². The van der Waals surface area contributed by atoms with Crippen LogP contribution >= 0.6 is 11.8 Å². The number of hydrogen-bond donors (Lipinski definition) is 2. The SMILES string of the molecule is O=C(Cc1ccc([N+](=O)[O-])cc1)Nc1ccc(CC2SC(=O)NC2=O)cc1. The molecular weight excluding hydrogens is 370 g/mol. The van der Waals surface area contributed by atoms with Gasteiger partial charge in [-0.15, -0.1) is 0 Å². The maximum atomic E-state index is 12.1. The molecule has 0 bridgehead atoms. The maximum absolute atomic E-state index is 12.1. The van der Waals surface area contributed by atoms with Crippen molar-refractivity contribution < 1.29 is 19.3 Å². The molecule has 2 aromatic carbocycles. The summed E-state index contributed by atoms with van der Waals surface area (Å²) in [6.45, 7) is 0. The van der Waals surface area contributed by atoms with Crippen LogP contribution in [0.25, 0.3) is 0 Å². The van der Waals surface area contributed by atoms with Crippen molar-refractivity contribution in [3.8, 4) is 0 Å². The average molecular weight is 385 g/mol. The minimum Gasteiger partial charge on any atom is -0.326 e. The van der Waals surface area contributed by atoms with Crippen molar-refractivity contribution in [3.63, 3.8) is 0 Å². The van der Waals surface area contributed by atoms with Gasteiger partial charge in [0.2, 0.25) is 11.8 Å². The number of nitrogens with zero attached hydrogens (tertiary/aromatic N) is 1. The van der Waals surface area contributed by atoms with Crippen LogP contribution in [0.3, 0.4) is 0 Å². The van der Waals surface area contributed by atoms with Crippen molar-refractivity contribution in [3.05, 3.63) is 69.8 Å². The number of imide groups is 1. The van der Waals surface area contributed by atoms with E-state index in [1.54, 1.807) is 36.4 Å². The summed E-state index contributed by atoms with van der Waals surface area (Å²) in [4.78, 5) is 45.0. The Morgan fingerprint density at radius 1 is 1.07 bits per heavy atom. The maximum Gasteiger partial charge on any atom is 0.286 e. The first-order valence-corrected chi connectivity index (χ1v) is 8.92. The summed E-state index contributed by atoms with van der Waals surface area (Å²) in [5, 5.41) is 14.9. The summed E-state index contributed by atoms with van der Waals surface area (Å²) in [6, 6.07) is 12.8. The molecule has 3 amide bonds. The van der Waals surface area contributed by atoms with Crippen LogP contribution < -0.4 is 10.6 Å². The molecule has 1 saturated heterocycles. The molecule has 9 heteroatoms. The molecule has 1 unspecified atom stereocenters. The molecule has 2 aromatic rings. The van der Waals surface area contributed by atoms with E-state index in [1.807, 2.05) is 0 Å². The normalized spacial score (nSPS) is 16.1. The number of carbonyl (C=O) groups excluding carboxylic acids is 3. The molecule has 1 aliphatic rings. The molecule has 138 valence electrons. The summed E-state index contributed by atoms with van der Waals surface area (Å²) in [5.41, 5.74) is 2.13. The first-order valence-electron chi connectivity index (χ1n) is 8.04. The summed E-state index contributed by atoms with van der Waals surface area (Å²) in [6.07, 6.45) is 0.528. The highest BCUT2D eigenvalue weighted by molar-refractivity contribution is 8.15. The van der Waals surface area contributed by atoms with Gasteiger partial charge < -0.3 is 5.32 Å². The largest absolute Gasteiger partial charge is 0.326 e. The lowest BCUT2D eigenvalue weighted by Gasteiger charge is -2.08. The van der Waals surface area contributed by atoms with Crippen LogP contribution in [0.5, 0.6) is 0 Å². The van der Waals surface area contributed by atoms with E-state index < -0.39 is 10.2 Å². The van der Waals surface area contributed by atoms with E-state index in [2.05, 4.69) is 10.6 Å². The highest BCUT2D eigenvalue weighted by atomic mass is 32.2. The molecule has 2 N–H and O–H groups in total. The van der Waals surface area contributed by atoms with E-state index in [4.69, 9.17) is 0 Å². The number of non-ortho nitro benzene ring substituents is 1. The van der Waals surface area contributed by atoms with Crippen molar-refractivity contribution in [2.75, 3.05) is 5.32 Å². The first kappa shape index (κ1) is 18.6. The number of amides is 3. The molecule has 0 aromatic heterocycles. The van der Waals surface area contributed by atoms with E-state index in [0.717, 1.165) is 17.3 Å². The van der Waals surface area contributed by atoms with Crippen LogP contribution in [0.15, 0.2) is 48.5 Å². The third-order valence-electron chi connectivity index (χ3n) is 3.94. The zero-order valence-corrected chi connectivity index (χ0v) is 14.8. The lowest BCUT2D eigenvalue weighted by Crippen LogP contribution is -2.25. The van der Waals surface area contributed by atoms with Gasteiger partial charge in [-0.25, -0.2) is 0 Å². The minimum atomic E-state index is -0.491. The second kappa shape index (κ2) is 8.00. The molecule has 3 rings (SSSR count). The smallest absolute Gasteiger partial charge is 0.286 e. The van der Waals surface area contributed by atoms with E-state index >= 15 is 0 Å². The zero-order valence-electron chi connectivity index (χ0n) is 14.0. The Kier molecular flexibility index (Phi) is 5.51. The highest BCUT2D eigenvalue weighted by Gasteiger charge is 2.31. The number of hydrogen-bond acceptors (Lipinski definition) is 6. The van der Waals surface area contributed by atoms with Gasteiger partial charge in [0, 0.05) is 17.8 Å². The van der Waals surface area contributed by atoms with E-state index in [1.165, 1.54) is 12.1 Å². The molecule has 1 aliphatic heterocycles. The van der Waals surface area contributed by atoms with Crippen molar-refractivity contribution in [1.82, 2.24) is 5.32 Å². The Bertz CT molecular complexity index is 896. The first-order chi connectivity index (χ1) is 12.9. The molecular formula is C18H15N3O5S. The Labute approximate surface area is 158 Å². The number of nitro groups is 1. The third-order valence-corrected chi connectivity index (χ3v) is 4.92. The number of thioether (sulfide) groups is 1. The summed E-state index contributed by atoms with van der Waals surface area (Å²) in [7, 11) is 0. The van der Waals surface area contributed by atoms with Crippen LogP contribution in [0.4, 0.5) is 16.2 Å². The van der Waals surface area contributed by atoms with Gasteiger partial charge in [0.25, 0.3) is 10.9 Å². The van der Waals surface area contributed by atoms with Gasteiger partial charge in [-0.1, -0.05) is 36.0 Å². The second-order valence-corrected chi connectivity index (χ2v) is 7.11. The monoisotopic (exact) mass is 385 g/mol. The standard InChI is InChI=1S/C18H15N3O5S/c22-16(10-12-3-7-14(8-4-12)21(25)26)19-13-5-1-11(2-6-13)9-15-17(23)20-18(24)27-15/h1-8,15H,9-10H2,(H,19,22)(H,20,23,24). The Balaban J connectivity index is 1.54. The van der Waals surface area contributed by atoms with E-state index in [9.17, 15) is 24.5 Å². The third kappa shape index (κ3) is 4.91. The van der Waals surface area contributed by atoms with Crippen LogP contribution in [0.1, 0.15) is 11.1 Å². The quantitative estimate of drug-likeness (QED) is 0.583. The molecule has 8 nitrogen and oxygen atoms in total. The van der Waals surface area contributed by atoms with Gasteiger partial charge in [0.1, 0.15) is 0 Å². The van der Waals surface area contributed by atoms with Crippen molar-refractivity contribution >= 4 is 40.2 Å². The van der Waals surface area contributed by atoms with Gasteiger partial charge in [0.05, 0.1) is 16.6 Å². The fourth-order valence-corrected chi connectivity index (χ4v) is 3.45. The molecule has 1 heterocycles. The van der Waals surface area contributed by atoms with E-state index in [0.29, 0.717) is 17.7 Å². The topological polar surface area (TPSA) is 118 Å². The number of carbonyl (C=O) groups is 3. The Hall–Kier alpha value is -3.20. The number of nitrogens with one attached hydrogen (secondary N) is 2. The van der Waals surface area contributed by atoms with Crippen molar-refractivity contribution in [2.24, 2.45) is 0 Å². The van der Waals surface area contributed by atoms with E-state index in [-0.39, 0.29) is 29.2 Å². The fraction of sp³-hybridized carbons (Fsp3) is 0.167. The summed E-state index contributed by atoms with van der Waals surface area (Å²) < 4.78 is 0. The van der Waals surface area contributed by atoms with Gasteiger partial charge in [-0.3, -0.25) is 29.8 Å². The van der Waals surface area contributed by atoms with Crippen LogP contribution in [0, 0.1) is 10.1 Å². The van der Waals surface area contributed by atoms with Gasteiger partial charge in [0.15, 0.2) is 0 Å². The van der Waals surface area contributed by atoms with Crippen LogP contribution in [-0.4, -0.2) is 27.2 Å². The lowest BCUT2D eigenvalue weighted by atomic mass is 10.1. The van der Waals surface area contributed by atoms with Gasteiger partial charge in [-0.2, -0.15) is 0 Å². The number of benzene rings is 2. The zero-order chi connectivity index (χ0) is 19.4. The second-order valence-electron chi connectivity index (χ2n) is 5.93. The lowest BCUT2D eigenvalue weighted by molar-refractivity contribution is -0.384. The molecule has 27 heavy (non-hydrogen) atoms. The molecule has 0 saturated carbocycles. The molecule has 0 radical (unpaired) electrons. The number of nitro benzene ring substituents is 1. The van der Waals surface area contributed by atoms with Crippen LogP contribution in [0.2, 0.25) is 0 Å². The molecule has 0 spiro atoms. The molecule has 1 fully saturated rings. The molecule has 1 atom stereocenters. The molecule has 0 aliphatic carbocycles. The highest BCUT2D eigenvalue weighted by Crippen LogP contribution is 2.23. The predicted octanol–water partition coefficient (Wildman–Crippen LogP) is 2.67. The fourth-order valence-electron chi connectivity index (χ4n) is 2.59. The van der Waals surface area contributed by atoms with Crippen molar-refractivity contribution in [2.45, 2.75) is 18.1 Å². The summed E-state index contributed by atoms with van der Waals surface area (Å²) in [5.74, 6) is -0.529. The number of anilines is 1. The van der Waals surface area contributed by atoms with Crippen LogP contribution in [-0.2, 0) is 22.4 Å². The predicted molar refractivity (Wildman–Crippen MR) is 100 cm³/mol.